The molecule has 0 aliphatic heterocycles. The van der Waals surface area contributed by atoms with Gasteiger partial charge in [0, 0.05) is 21.1 Å². The fraction of sp³-hybridized carbons (Fsp3) is 0. The quantitative estimate of drug-likeness (QED) is 0.864. The largest absolute Gasteiger partial charge is 0.355 e. The van der Waals surface area contributed by atoms with Crippen LogP contribution in [0.3, 0.4) is 0 Å². The summed E-state index contributed by atoms with van der Waals surface area (Å²) in [4.78, 5) is 3.91. The SMILES string of the molecule is N#Cc1cc(Nc2ccc(I)cc2)ccn1. The normalized spacial score (nSPS) is 9.50. The van der Waals surface area contributed by atoms with E-state index in [1.54, 1.807) is 12.3 Å². The van der Waals surface area contributed by atoms with Crippen LogP contribution < -0.4 is 5.32 Å². The summed E-state index contributed by atoms with van der Waals surface area (Å²) in [5.41, 5.74) is 2.28. The van der Waals surface area contributed by atoms with Crippen LogP contribution in [-0.2, 0) is 0 Å². The second kappa shape index (κ2) is 4.94. The Morgan fingerprint density at radius 2 is 1.88 bits per heavy atom. The van der Waals surface area contributed by atoms with Gasteiger partial charge in [-0.2, -0.15) is 5.26 Å². The van der Waals surface area contributed by atoms with Crippen molar-refractivity contribution in [2.75, 3.05) is 5.32 Å². The van der Waals surface area contributed by atoms with Crippen LogP contribution in [0.2, 0.25) is 0 Å². The molecule has 0 fully saturated rings. The summed E-state index contributed by atoms with van der Waals surface area (Å²) in [5, 5.41) is 11.9. The lowest BCUT2D eigenvalue weighted by atomic mass is 10.3. The van der Waals surface area contributed by atoms with Gasteiger partial charge >= 0.3 is 0 Å². The van der Waals surface area contributed by atoms with Crippen molar-refractivity contribution in [3.63, 3.8) is 0 Å². The molecule has 1 heterocycles. The molecule has 3 nitrogen and oxygen atoms in total. The van der Waals surface area contributed by atoms with Crippen LogP contribution in [-0.4, -0.2) is 4.98 Å². The molecule has 0 aliphatic rings. The molecular weight excluding hydrogens is 313 g/mol. The van der Waals surface area contributed by atoms with Crippen molar-refractivity contribution < 1.29 is 0 Å². The zero-order valence-electron chi connectivity index (χ0n) is 8.31. The molecule has 0 unspecified atom stereocenters. The Kier molecular flexibility index (Phi) is 3.37. The predicted octanol–water partition coefficient (Wildman–Crippen LogP) is 3.30. The summed E-state index contributed by atoms with van der Waals surface area (Å²) in [7, 11) is 0. The van der Waals surface area contributed by atoms with E-state index in [4.69, 9.17) is 5.26 Å². The second-order valence-electron chi connectivity index (χ2n) is 3.17. The van der Waals surface area contributed by atoms with Crippen molar-refractivity contribution in [1.82, 2.24) is 4.98 Å². The third kappa shape index (κ3) is 2.70. The van der Waals surface area contributed by atoms with Gasteiger partial charge < -0.3 is 5.32 Å². The van der Waals surface area contributed by atoms with Gasteiger partial charge in [-0.1, -0.05) is 0 Å². The van der Waals surface area contributed by atoms with Crippen LogP contribution in [0.15, 0.2) is 42.6 Å². The number of nitrogens with zero attached hydrogens (tertiary/aromatic N) is 2. The molecule has 4 heteroatoms. The summed E-state index contributed by atoms with van der Waals surface area (Å²) in [6.07, 6.45) is 1.62. The molecule has 1 aromatic heterocycles. The van der Waals surface area contributed by atoms with Crippen LogP contribution >= 0.6 is 22.6 Å². The Morgan fingerprint density at radius 1 is 1.12 bits per heavy atom. The molecule has 0 bridgehead atoms. The van der Waals surface area contributed by atoms with Gasteiger partial charge in [0.15, 0.2) is 0 Å². The average molecular weight is 321 g/mol. The van der Waals surface area contributed by atoms with E-state index in [1.807, 2.05) is 36.4 Å². The molecule has 2 rings (SSSR count). The zero-order valence-corrected chi connectivity index (χ0v) is 10.5. The highest BCUT2D eigenvalue weighted by Crippen LogP contribution is 2.17. The Morgan fingerprint density at radius 3 is 2.56 bits per heavy atom. The van der Waals surface area contributed by atoms with E-state index in [2.05, 4.69) is 32.9 Å². The van der Waals surface area contributed by atoms with Gasteiger partial charge in [0.1, 0.15) is 11.8 Å². The van der Waals surface area contributed by atoms with E-state index in [-0.39, 0.29) is 0 Å². The summed E-state index contributed by atoms with van der Waals surface area (Å²) >= 11 is 2.26. The van der Waals surface area contributed by atoms with Crippen LogP contribution in [0.1, 0.15) is 5.69 Å². The van der Waals surface area contributed by atoms with Gasteiger partial charge in [0.05, 0.1) is 0 Å². The lowest BCUT2D eigenvalue weighted by Crippen LogP contribution is -1.91. The third-order valence-corrected chi connectivity index (χ3v) is 2.73. The van der Waals surface area contributed by atoms with Gasteiger partial charge in [-0.05, 0) is 59.0 Å². The number of anilines is 2. The Hall–Kier alpha value is -1.61. The molecular formula is C12H8IN3. The first-order valence-electron chi connectivity index (χ1n) is 4.67. The van der Waals surface area contributed by atoms with E-state index < -0.39 is 0 Å². The molecule has 1 aromatic carbocycles. The Labute approximate surface area is 107 Å². The second-order valence-corrected chi connectivity index (χ2v) is 4.42. The van der Waals surface area contributed by atoms with E-state index >= 15 is 0 Å². The number of benzene rings is 1. The Balaban J connectivity index is 2.21. The summed E-state index contributed by atoms with van der Waals surface area (Å²) in [6, 6.07) is 13.6. The molecule has 1 N–H and O–H groups in total. The van der Waals surface area contributed by atoms with E-state index in [9.17, 15) is 0 Å². The van der Waals surface area contributed by atoms with E-state index in [0.717, 1.165) is 11.4 Å². The van der Waals surface area contributed by atoms with Gasteiger partial charge in [-0.3, -0.25) is 0 Å². The summed E-state index contributed by atoms with van der Waals surface area (Å²) < 4.78 is 1.19. The maximum atomic E-state index is 8.72. The van der Waals surface area contributed by atoms with E-state index in [1.165, 1.54) is 3.57 Å². The molecule has 0 saturated heterocycles. The topological polar surface area (TPSA) is 48.7 Å². The molecule has 0 atom stereocenters. The first-order valence-corrected chi connectivity index (χ1v) is 5.74. The van der Waals surface area contributed by atoms with Crippen molar-refractivity contribution in [3.05, 3.63) is 51.9 Å². The van der Waals surface area contributed by atoms with Crippen LogP contribution in [0.25, 0.3) is 0 Å². The third-order valence-electron chi connectivity index (χ3n) is 2.01. The lowest BCUT2D eigenvalue weighted by Gasteiger charge is -2.05. The fourth-order valence-electron chi connectivity index (χ4n) is 1.27. The van der Waals surface area contributed by atoms with Gasteiger partial charge in [-0.15, -0.1) is 0 Å². The molecule has 0 saturated carbocycles. The maximum Gasteiger partial charge on any atom is 0.142 e. The van der Waals surface area contributed by atoms with Gasteiger partial charge in [0.25, 0.3) is 0 Å². The number of hydrogen-bond acceptors (Lipinski definition) is 3. The van der Waals surface area contributed by atoms with Crippen molar-refractivity contribution in [1.29, 1.82) is 5.26 Å². The minimum Gasteiger partial charge on any atom is -0.355 e. The van der Waals surface area contributed by atoms with E-state index in [0.29, 0.717) is 5.69 Å². The monoisotopic (exact) mass is 321 g/mol. The number of pyridine rings is 1. The highest BCUT2D eigenvalue weighted by molar-refractivity contribution is 14.1. The summed E-state index contributed by atoms with van der Waals surface area (Å²) in [6.45, 7) is 0. The first-order chi connectivity index (χ1) is 7.78. The number of nitriles is 1. The molecule has 78 valence electrons. The maximum absolute atomic E-state index is 8.72. The number of halogens is 1. The minimum absolute atomic E-state index is 0.413. The zero-order chi connectivity index (χ0) is 11.4. The van der Waals surface area contributed by atoms with Crippen molar-refractivity contribution in [3.8, 4) is 6.07 Å². The Bertz CT molecular complexity index is 529. The smallest absolute Gasteiger partial charge is 0.142 e. The van der Waals surface area contributed by atoms with Gasteiger partial charge in [-0.25, -0.2) is 4.98 Å². The molecule has 0 radical (unpaired) electrons. The number of nitrogens with one attached hydrogen (secondary N) is 1. The highest BCUT2D eigenvalue weighted by atomic mass is 127. The summed E-state index contributed by atoms with van der Waals surface area (Å²) in [5.74, 6) is 0. The first kappa shape index (κ1) is 10.9. The minimum atomic E-state index is 0.413. The van der Waals surface area contributed by atoms with Crippen LogP contribution in [0, 0.1) is 14.9 Å². The van der Waals surface area contributed by atoms with Gasteiger partial charge in [0.2, 0.25) is 0 Å². The predicted molar refractivity (Wildman–Crippen MR) is 71.4 cm³/mol. The van der Waals surface area contributed by atoms with Crippen LogP contribution in [0.5, 0.6) is 0 Å². The van der Waals surface area contributed by atoms with Crippen molar-refractivity contribution in [2.24, 2.45) is 0 Å². The van der Waals surface area contributed by atoms with Crippen molar-refractivity contribution >= 4 is 34.0 Å². The number of aromatic nitrogens is 1. The molecule has 16 heavy (non-hydrogen) atoms. The average Bonchev–Trinajstić information content (AvgIpc) is 2.32. The standard InChI is InChI=1S/C12H8IN3/c13-9-1-3-10(4-2-9)16-11-5-6-15-12(7-11)8-14/h1-7H,(H,15,16). The number of rotatable bonds is 2. The lowest BCUT2D eigenvalue weighted by molar-refractivity contribution is 1.26. The molecule has 0 amide bonds. The highest BCUT2D eigenvalue weighted by Gasteiger charge is 1.97. The molecule has 2 aromatic rings. The molecule has 0 aliphatic carbocycles. The number of hydrogen-bond donors (Lipinski definition) is 1. The molecule has 0 spiro atoms. The van der Waals surface area contributed by atoms with Crippen molar-refractivity contribution in [2.45, 2.75) is 0 Å². The van der Waals surface area contributed by atoms with Crippen LogP contribution in [0.4, 0.5) is 11.4 Å². The fourth-order valence-corrected chi connectivity index (χ4v) is 1.63.